The van der Waals surface area contributed by atoms with Gasteiger partial charge in [-0.25, -0.2) is 12.8 Å². The molecule has 2 amide bonds. The van der Waals surface area contributed by atoms with Gasteiger partial charge in [0.25, 0.3) is 11.8 Å². The molecule has 7 nitrogen and oxygen atoms in total. The Bertz CT molecular complexity index is 1030. The van der Waals surface area contributed by atoms with E-state index >= 15 is 0 Å². The standard InChI is InChI=1S/C21H22FN3O4S/c22-16-6-8-17(9-7-16)30(28,29)24-14-12-23(13-15-24)10-3-11-25-20(26)18-4-1-2-5-19(18)21(25)27/h1-2,4-9H,3,10-15H2. The number of carbonyl (C=O) groups is 2. The number of fused-ring (bicyclic) bond motifs is 1. The van der Waals surface area contributed by atoms with Crippen molar-refractivity contribution in [2.45, 2.75) is 11.3 Å². The summed E-state index contributed by atoms with van der Waals surface area (Å²) in [6.07, 6.45) is 0.621. The molecule has 0 aliphatic carbocycles. The first-order valence-electron chi connectivity index (χ1n) is 9.81. The molecule has 2 aromatic rings. The van der Waals surface area contributed by atoms with E-state index in [2.05, 4.69) is 4.90 Å². The number of rotatable bonds is 6. The molecular formula is C21H22FN3O4S. The predicted octanol–water partition coefficient (Wildman–Crippen LogP) is 1.82. The third-order valence-electron chi connectivity index (χ3n) is 5.52. The zero-order valence-corrected chi connectivity index (χ0v) is 17.1. The lowest BCUT2D eigenvalue weighted by molar-refractivity contribution is 0.0644. The highest BCUT2D eigenvalue weighted by molar-refractivity contribution is 7.89. The maximum absolute atomic E-state index is 13.1. The van der Waals surface area contributed by atoms with Crippen molar-refractivity contribution >= 4 is 21.8 Å². The van der Waals surface area contributed by atoms with Gasteiger partial charge in [0.1, 0.15) is 5.82 Å². The highest BCUT2D eigenvalue weighted by Gasteiger charge is 2.35. The van der Waals surface area contributed by atoms with Crippen LogP contribution < -0.4 is 0 Å². The Morgan fingerprint density at radius 2 is 1.37 bits per heavy atom. The van der Waals surface area contributed by atoms with E-state index in [0.717, 1.165) is 12.1 Å². The van der Waals surface area contributed by atoms with E-state index < -0.39 is 15.8 Å². The number of nitrogens with zero attached hydrogens (tertiary/aromatic N) is 3. The third kappa shape index (κ3) is 3.88. The maximum atomic E-state index is 13.1. The van der Waals surface area contributed by atoms with Gasteiger partial charge in [-0.15, -0.1) is 0 Å². The molecule has 4 rings (SSSR count). The first kappa shape index (κ1) is 20.6. The third-order valence-corrected chi connectivity index (χ3v) is 7.43. The van der Waals surface area contributed by atoms with Gasteiger partial charge < -0.3 is 4.90 Å². The summed E-state index contributed by atoms with van der Waals surface area (Å²) in [4.78, 5) is 28.3. The van der Waals surface area contributed by atoms with Gasteiger partial charge >= 0.3 is 0 Å². The molecular weight excluding hydrogens is 409 g/mol. The van der Waals surface area contributed by atoms with Gasteiger partial charge in [0.05, 0.1) is 16.0 Å². The molecule has 0 spiro atoms. The molecule has 1 saturated heterocycles. The van der Waals surface area contributed by atoms with Crippen LogP contribution >= 0.6 is 0 Å². The topological polar surface area (TPSA) is 78.0 Å². The summed E-state index contributed by atoms with van der Waals surface area (Å²) in [5.74, 6) is -0.992. The van der Waals surface area contributed by atoms with E-state index in [0.29, 0.717) is 56.8 Å². The first-order chi connectivity index (χ1) is 14.4. The fourth-order valence-corrected chi connectivity index (χ4v) is 5.27. The summed E-state index contributed by atoms with van der Waals surface area (Å²) in [6.45, 7) is 2.79. The highest BCUT2D eigenvalue weighted by Crippen LogP contribution is 2.23. The molecule has 0 N–H and O–H groups in total. The number of sulfonamides is 1. The number of hydrogen-bond acceptors (Lipinski definition) is 5. The summed E-state index contributed by atoms with van der Waals surface area (Å²) in [5.41, 5.74) is 0.893. The van der Waals surface area contributed by atoms with Gasteiger partial charge in [0, 0.05) is 32.7 Å². The van der Waals surface area contributed by atoms with Crippen LogP contribution in [0.2, 0.25) is 0 Å². The van der Waals surface area contributed by atoms with E-state index in [-0.39, 0.29) is 16.7 Å². The zero-order valence-electron chi connectivity index (χ0n) is 16.3. The van der Waals surface area contributed by atoms with E-state index in [1.807, 2.05) is 0 Å². The van der Waals surface area contributed by atoms with Gasteiger partial charge in [0.2, 0.25) is 10.0 Å². The van der Waals surface area contributed by atoms with Crippen LogP contribution in [0.15, 0.2) is 53.4 Å². The van der Waals surface area contributed by atoms with Crippen molar-refractivity contribution in [3.63, 3.8) is 0 Å². The van der Waals surface area contributed by atoms with Crippen LogP contribution in [-0.4, -0.2) is 73.6 Å². The molecule has 2 heterocycles. The lowest BCUT2D eigenvalue weighted by Gasteiger charge is -2.34. The van der Waals surface area contributed by atoms with Gasteiger partial charge in [-0.05, 0) is 49.4 Å². The second-order valence-corrected chi connectivity index (χ2v) is 9.30. The van der Waals surface area contributed by atoms with Gasteiger partial charge in [-0.1, -0.05) is 12.1 Å². The minimum Gasteiger partial charge on any atom is -0.301 e. The lowest BCUT2D eigenvalue weighted by Crippen LogP contribution is -2.49. The Kier molecular flexibility index (Phi) is 5.68. The van der Waals surface area contributed by atoms with Crippen molar-refractivity contribution < 1.29 is 22.4 Å². The molecule has 0 radical (unpaired) electrons. The normalized spacial score (nSPS) is 18.1. The predicted molar refractivity (Wildman–Crippen MR) is 108 cm³/mol. The van der Waals surface area contributed by atoms with Crippen LogP contribution in [-0.2, 0) is 10.0 Å². The Balaban J connectivity index is 1.27. The SMILES string of the molecule is O=C1c2ccccc2C(=O)N1CCCN1CCN(S(=O)(=O)c2ccc(F)cc2)CC1. The summed E-state index contributed by atoms with van der Waals surface area (Å²) in [5, 5.41) is 0. The van der Waals surface area contributed by atoms with E-state index in [4.69, 9.17) is 0 Å². The van der Waals surface area contributed by atoms with Gasteiger partial charge in [-0.2, -0.15) is 4.31 Å². The molecule has 0 unspecified atom stereocenters. The molecule has 30 heavy (non-hydrogen) atoms. The van der Waals surface area contributed by atoms with E-state index in [1.165, 1.54) is 21.3 Å². The minimum atomic E-state index is -3.64. The van der Waals surface area contributed by atoms with Crippen LogP contribution in [0, 0.1) is 5.82 Å². The molecule has 0 bridgehead atoms. The summed E-state index contributed by atoms with van der Waals surface area (Å²) >= 11 is 0. The summed E-state index contributed by atoms with van der Waals surface area (Å²) < 4.78 is 39.8. The molecule has 0 atom stereocenters. The first-order valence-corrected chi connectivity index (χ1v) is 11.3. The largest absolute Gasteiger partial charge is 0.301 e. The number of hydrogen-bond donors (Lipinski definition) is 0. The second kappa shape index (κ2) is 8.25. The lowest BCUT2D eigenvalue weighted by atomic mass is 10.1. The average molecular weight is 431 g/mol. The number of halogens is 1. The van der Waals surface area contributed by atoms with Crippen molar-refractivity contribution in [2.75, 3.05) is 39.3 Å². The summed E-state index contributed by atoms with van der Waals surface area (Å²) in [7, 11) is -3.64. The zero-order chi connectivity index (χ0) is 21.3. The van der Waals surface area contributed by atoms with Crippen molar-refractivity contribution in [1.29, 1.82) is 0 Å². The number of carbonyl (C=O) groups excluding carboxylic acids is 2. The molecule has 2 aliphatic heterocycles. The van der Waals surface area contributed by atoms with E-state index in [9.17, 15) is 22.4 Å². The van der Waals surface area contributed by atoms with Crippen LogP contribution in [0.1, 0.15) is 27.1 Å². The smallest absolute Gasteiger partial charge is 0.261 e. The molecule has 0 aromatic heterocycles. The summed E-state index contributed by atoms with van der Waals surface area (Å²) in [6, 6.07) is 11.6. The number of benzene rings is 2. The minimum absolute atomic E-state index is 0.0861. The number of imide groups is 1. The van der Waals surface area contributed by atoms with Crippen LogP contribution in [0.4, 0.5) is 4.39 Å². The molecule has 0 saturated carbocycles. The fraction of sp³-hybridized carbons (Fsp3) is 0.333. The molecule has 1 fully saturated rings. The monoisotopic (exact) mass is 431 g/mol. The quantitative estimate of drug-likeness (QED) is 0.652. The van der Waals surface area contributed by atoms with Crippen molar-refractivity contribution in [3.8, 4) is 0 Å². The Labute approximate surface area is 174 Å². The molecule has 158 valence electrons. The highest BCUT2D eigenvalue weighted by atomic mass is 32.2. The Morgan fingerprint density at radius 1 is 0.800 bits per heavy atom. The molecule has 9 heteroatoms. The average Bonchev–Trinajstić information content (AvgIpc) is 2.99. The van der Waals surface area contributed by atoms with Crippen molar-refractivity contribution in [2.24, 2.45) is 0 Å². The number of piperazine rings is 1. The molecule has 2 aliphatic rings. The van der Waals surface area contributed by atoms with Crippen molar-refractivity contribution in [3.05, 3.63) is 65.5 Å². The second-order valence-electron chi connectivity index (χ2n) is 7.36. The van der Waals surface area contributed by atoms with Crippen molar-refractivity contribution in [1.82, 2.24) is 14.1 Å². The van der Waals surface area contributed by atoms with Crippen LogP contribution in [0.25, 0.3) is 0 Å². The molecule has 2 aromatic carbocycles. The van der Waals surface area contributed by atoms with E-state index in [1.54, 1.807) is 24.3 Å². The number of amides is 2. The Morgan fingerprint density at radius 3 is 1.93 bits per heavy atom. The van der Waals surface area contributed by atoms with Crippen LogP contribution in [0.3, 0.4) is 0 Å². The fourth-order valence-electron chi connectivity index (χ4n) is 3.84. The van der Waals surface area contributed by atoms with Gasteiger partial charge in [-0.3, -0.25) is 14.5 Å². The van der Waals surface area contributed by atoms with Gasteiger partial charge in [0.15, 0.2) is 0 Å². The Hall–Kier alpha value is -2.62. The van der Waals surface area contributed by atoms with Crippen LogP contribution in [0.5, 0.6) is 0 Å². The maximum Gasteiger partial charge on any atom is 0.261 e.